The van der Waals surface area contributed by atoms with Gasteiger partial charge in [0, 0.05) is 18.8 Å². The van der Waals surface area contributed by atoms with Crippen LogP contribution in [0.15, 0.2) is 18.2 Å². The molecule has 0 saturated carbocycles. The first-order valence-corrected chi connectivity index (χ1v) is 6.31. The van der Waals surface area contributed by atoms with E-state index in [4.69, 9.17) is 5.73 Å². The summed E-state index contributed by atoms with van der Waals surface area (Å²) in [5.74, 6) is 0.585. The van der Waals surface area contributed by atoms with Crippen LogP contribution in [-0.4, -0.2) is 19.6 Å². The van der Waals surface area contributed by atoms with Crippen molar-refractivity contribution >= 4 is 5.69 Å². The lowest BCUT2D eigenvalue weighted by Crippen LogP contribution is -2.19. The van der Waals surface area contributed by atoms with Gasteiger partial charge in [-0.15, -0.1) is 0 Å². The molecule has 2 rings (SSSR count). The molecule has 0 aliphatic carbocycles. The highest BCUT2D eigenvalue weighted by Gasteiger charge is 2.17. The van der Waals surface area contributed by atoms with E-state index in [1.54, 1.807) is 0 Å². The van der Waals surface area contributed by atoms with E-state index in [1.807, 2.05) is 0 Å². The highest BCUT2D eigenvalue weighted by atomic mass is 15.1. The van der Waals surface area contributed by atoms with Crippen molar-refractivity contribution in [3.63, 3.8) is 0 Å². The maximum absolute atomic E-state index is 5.67. The molecule has 0 spiro atoms. The Balaban J connectivity index is 2.15. The second-order valence-electron chi connectivity index (χ2n) is 4.84. The predicted octanol–water partition coefficient (Wildman–Crippen LogP) is 2.21. The second-order valence-corrected chi connectivity index (χ2v) is 4.84. The van der Waals surface area contributed by atoms with Gasteiger partial charge in [0.2, 0.25) is 0 Å². The van der Waals surface area contributed by atoms with Crippen molar-refractivity contribution in [3.8, 4) is 0 Å². The van der Waals surface area contributed by atoms with E-state index in [0.717, 1.165) is 19.5 Å². The third kappa shape index (κ3) is 2.22. The van der Waals surface area contributed by atoms with Crippen LogP contribution in [0.25, 0.3) is 0 Å². The minimum absolute atomic E-state index is 0.585. The highest BCUT2D eigenvalue weighted by Crippen LogP contribution is 2.29. The lowest BCUT2D eigenvalue weighted by molar-refractivity contribution is 0.593. The number of fused-ring (bicyclic) bond motifs is 1. The molecule has 1 unspecified atom stereocenters. The van der Waals surface area contributed by atoms with Crippen molar-refractivity contribution < 1.29 is 0 Å². The number of nitrogens with zero attached hydrogens (tertiary/aromatic N) is 1. The first-order chi connectivity index (χ1) is 7.74. The number of hydrogen-bond donors (Lipinski definition) is 1. The summed E-state index contributed by atoms with van der Waals surface area (Å²) in [6.07, 6.45) is 2.31. The zero-order chi connectivity index (χ0) is 11.5. The summed E-state index contributed by atoms with van der Waals surface area (Å²) in [5, 5.41) is 0. The Morgan fingerprint density at radius 2 is 2.25 bits per heavy atom. The van der Waals surface area contributed by atoms with E-state index in [9.17, 15) is 0 Å². The second kappa shape index (κ2) is 4.88. The largest absolute Gasteiger partial charge is 0.371 e. The van der Waals surface area contributed by atoms with E-state index in [1.165, 1.54) is 29.8 Å². The molecule has 0 aromatic heterocycles. The zero-order valence-corrected chi connectivity index (χ0v) is 10.4. The van der Waals surface area contributed by atoms with Crippen molar-refractivity contribution in [2.45, 2.75) is 26.7 Å². The van der Waals surface area contributed by atoms with Gasteiger partial charge in [-0.1, -0.05) is 19.1 Å². The number of likely N-dealkylation sites (N-methyl/N-ethyl adjacent to an activating group) is 1. The van der Waals surface area contributed by atoms with Gasteiger partial charge in [-0.3, -0.25) is 0 Å². The molecule has 1 aromatic carbocycles. The summed E-state index contributed by atoms with van der Waals surface area (Å²) >= 11 is 0. The van der Waals surface area contributed by atoms with E-state index < -0.39 is 0 Å². The lowest BCUT2D eigenvalue weighted by atomic mass is 9.99. The van der Waals surface area contributed by atoms with Crippen LogP contribution in [0.5, 0.6) is 0 Å². The van der Waals surface area contributed by atoms with E-state index >= 15 is 0 Å². The van der Waals surface area contributed by atoms with Crippen molar-refractivity contribution in [2.24, 2.45) is 11.7 Å². The number of nitrogens with two attached hydrogens (primary N) is 1. The predicted molar refractivity (Wildman–Crippen MR) is 70.0 cm³/mol. The lowest BCUT2D eigenvalue weighted by Gasteiger charge is -2.17. The molecule has 2 nitrogen and oxygen atoms in total. The van der Waals surface area contributed by atoms with Crippen LogP contribution in [0, 0.1) is 5.92 Å². The topological polar surface area (TPSA) is 29.3 Å². The van der Waals surface area contributed by atoms with Crippen LogP contribution in [0.3, 0.4) is 0 Å². The Morgan fingerprint density at radius 1 is 1.44 bits per heavy atom. The standard InChI is InChI=1S/C14H22N2/c1-3-16-7-6-13-9-12(4-5-14(13)16)8-11(2)10-15/h4-5,9,11H,3,6-8,10,15H2,1-2H3. The fourth-order valence-electron chi connectivity index (χ4n) is 2.46. The molecule has 2 heteroatoms. The molecule has 1 aromatic rings. The monoisotopic (exact) mass is 218 g/mol. The molecular formula is C14H22N2. The molecule has 0 amide bonds. The zero-order valence-electron chi connectivity index (χ0n) is 10.4. The number of benzene rings is 1. The van der Waals surface area contributed by atoms with Gasteiger partial charge in [0.1, 0.15) is 0 Å². The maximum Gasteiger partial charge on any atom is 0.0399 e. The number of rotatable bonds is 4. The van der Waals surface area contributed by atoms with E-state index in [0.29, 0.717) is 5.92 Å². The van der Waals surface area contributed by atoms with Gasteiger partial charge in [0.05, 0.1) is 0 Å². The molecule has 0 radical (unpaired) electrons. The van der Waals surface area contributed by atoms with Gasteiger partial charge in [0.25, 0.3) is 0 Å². The highest BCUT2D eigenvalue weighted by molar-refractivity contribution is 5.59. The molecule has 1 atom stereocenters. The van der Waals surface area contributed by atoms with Crippen molar-refractivity contribution in [2.75, 3.05) is 24.5 Å². The van der Waals surface area contributed by atoms with Crippen LogP contribution in [0.1, 0.15) is 25.0 Å². The molecule has 1 aliphatic heterocycles. The first-order valence-electron chi connectivity index (χ1n) is 6.31. The normalized spacial score (nSPS) is 16.3. The molecule has 0 fully saturated rings. The Morgan fingerprint density at radius 3 is 2.94 bits per heavy atom. The van der Waals surface area contributed by atoms with Crippen molar-refractivity contribution in [1.29, 1.82) is 0 Å². The van der Waals surface area contributed by atoms with Gasteiger partial charge >= 0.3 is 0 Å². The fraction of sp³-hybridized carbons (Fsp3) is 0.571. The summed E-state index contributed by atoms with van der Waals surface area (Å²) in [4.78, 5) is 2.45. The van der Waals surface area contributed by atoms with Gasteiger partial charge in [-0.2, -0.15) is 0 Å². The summed E-state index contributed by atoms with van der Waals surface area (Å²) in [6.45, 7) is 7.51. The summed E-state index contributed by atoms with van der Waals surface area (Å²) in [5.41, 5.74) is 10.1. The molecule has 1 aliphatic rings. The van der Waals surface area contributed by atoms with Gasteiger partial charge in [0.15, 0.2) is 0 Å². The van der Waals surface area contributed by atoms with Crippen LogP contribution in [0.4, 0.5) is 5.69 Å². The van der Waals surface area contributed by atoms with Crippen LogP contribution >= 0.6 is 0 Å². The Hall–Kier alpha value is -1.02. The van der Waals surface area contributed by atoms with Crippen LogP contribution < -0.4 is 10.6 Å². The van der Waals surface area contributed by atoms with Gasteiger partial charge < -0.3 is 10.6 Å². The Bertz CT molecular complexity index is 360. The molecule has 16 heavy (non-hydrogen) atoms. The first kappa shape index (κ1) is 11.5. The quantitative estimate of drug-likeness (QED) is 0.839. The molecule has 2 N–H and O–H groups in total. The van der Waals surface area contributed by atoms with Gasteiger partial charge in [-0.25, -0.2) is 0 Å². The molecular weight excluding hydrogens is 196 g/mol. The number of anilines is 1. The van der Waals surface area contributed by atoms with Gasteiger partial charge in [-0.05, 0) is 49.4 Å². The Kier molecular flexibility index (Phi) is 3.49. The maximum atomic E-state index is 5.67. The Labute approximate surface area is 98.4 Å². The van der Waals surface area contributed by atoms with Crippen LogP contribution in [0.2, 0.25) is 0 Å². The van der Waals surface area contributed by atoms with E-state index in [2.05, 4.69) is 36.9 Å². The minimum Gasteiger partial charge on any atom is -0.371 e. The smallest absolute Gasteiger partial charge is 0.0399 e. The average molecular weight is 218 g/mol. The average Bonchev–Trinajstić information content (AvgIpc) is 2.71. The fourth-order valence-corrected chi connectivity index (χ4v) is 2.46. The molecule has 0 saturated heterocycles. The SMILES string of the molecule is CCN1CCc2cc(CC(C)CN)ccc21. The summed E-state index contributed by atoms with van der Waals surface area (Å²) in [6, 6.07) is 6.92. The number of hydrogen-bond acceptors (Lipinski definition) is 2. The summed E-state index contributed by atoms with van der Waals surface area (Å²) < 4.78 is 0. The third-order valence-corrected chi connectivity index (χ3v) is 3.50. The van der Waals surface area contributed by atoms with Crippen molar-refractivity contribution in [3.05, 3.63) is 29.3 Å². The summed E-state index contributed by atoms with van der Waals surface area (Å²) in [7, 11) is 0. The minimum atomic E-state index is 0.585. The van der Waals surface area contributed by atoms with Crippen LogP contribution in [-0.2, 0) is 12.8 Å². The molecule has 0 bridgehead atoms. The van der Waals surface area contributed by atoms with Crippen molar-refractivity contribution in [1.82, 2.24) is 0 Å². The van der Waals surface area contributed by atoms with E-state index in [-0.39, 0.29) is 0 Å². The molecule has 1 heterocycles. The molecule has 88 valence electrons. The third-order valence-electron chi connectivity index (χ3n) is 3.50.